The van der Waals surface area contributed by atoms with Crippen molar-refractivity contribution < 1.29 is 9.60 Å². The number of nitrogens with two attached hydrogens (primary N) is 1. The number of benzene rings is 1. The lowest BCUT2D eigenvalue weighted by Crippen LogP contribution is -2.27. The van der Waals surface area contributed by atoms with Gasteiger partial charge >= 0.3 is 0 Å². The molecular formula is C15H25FN4O. The highest BCUT2D eigenvalue weighted by Crippen LogP contribution is 2.11. The molecule has 0 saturated heterocycles. The first kappa shape index (κ1) is 17.4. The summed E-state index contributed by atoms with van der Waals surface area (Å²) in [6.45, 7) is 8.89. The maximum atomic E-state index is 13.2. The summed E-state index contributed by atoms with van der Waals surface area (Å²) in [6, 6.07) is 4.31. The smallest absolute Gasteiger partial charge is 0.170 e. The third kappa shape index (κ3) is 5.69. The number of nitrogens with one attached hydrogen (secondary N) is 1. The summed E-state index contributed by atoms with van der Waals surface area (Å²) in [6.07, 6.45) is 1.04. The average molecular weight is 296 g/mol. The van der Waals surface area contributed by atoms with Gasteiger partial charge in [0.05, 0.1) is 0 Å². The lowest BCUT2D eigenvalue weighted by Gasteiger charge is -2.17. The van der Waals surface area contributed by atoms with Crippen LogP contribution in [0.25, 0.3) is 0 Å². The zero-order valence-corrected chi connectivity index (χ0v) is 12.8. The number of halogens is 1. The molecule has 0 aliphatic carbocycles. The third-order valence-electron chi connectivity index (χ3n) is 3.49. The average Bonchev–Trinajstić information content (AvgIpc) is 2.51. The van der Waals surface area contributed by atoms with Crippen LogP contribution >= 0.6 is 0 Å². The molecule has 4 N–H and O–H groups in total. The van der Waals surface area contributed by atoms with Crippen LogP contribution in [0.2, 0.25) is 0 Å². The number of hydrogen-bond donors (Lipinski definition) is 3. The van der Waals surface area contributed by atoms with Gasteiger partial charge < -0.3 is 21.2 Å². The number of amidine groups is 1. The van der Waals surface area contributed by atoms with Crippen molar-refractivity contribution in [1.29, 1.82) is 0 Å². The molecule has 1 rings (SSSR count). The van der Waals surface area contributed by atoms with Gasteiger partial charge in [0, 0.05) is 12.1 Å². The predicted octanol–water partition coefficient (Wildman–Crippen LogP) is 1.74. The SMILES string of the molecule is CCN(CC)CCCNCc1ccc(F)cc1C(N)=NO. The molecule has 0 bridgehead atoms. The fourth-order valence-corrected chi connectivity index (χ4v) is 2.19. The van der Waals surface area contributed by atoms with E-state index in [9.17, 15) is 4.39 Å². The summed E-state index contributed by atoms with van der Waals surface area (Å²) in [4.78, 5) is 2.36. The van der Waals surface area contributed by atoms with Crippen LogP contribution in [0.1, 0.15) is 31.4 Å². The Hall–Kier alpha value is -1.66. The summed E-state index contributed by atoms with van der Waals surface area (Å²) in [7, 11) is 0. The molecule has 1 aromatic rings. The molecule has 0 aliphatic heterocycles. The second-order valence-electron chi connectivity index (χ2n) is 4.84. The molecule has 0 unspecified atom stereocenters. The van der Waals surface area contributed by atoms with Crippen molar-refractivity contribution in [2.24, 2.45) is 10.9 Å². The number of nitrogens with zero attached hydrogens (tertiary/aromatic N) is 2. The molecule has 6 heteroatoms. The van der Waals surface area contributed by atoms with Gasteiger partial charge in [-0.25, -0.2) is 4.39 Å². The summed E-state index contributed by atoms with van der Waals surface area (Å²) in [5, 5.41) is 15.0. The highest BCUT2D eigenvalue weighted by molar-refractivity contribution is 5.98. The van der Waals surface area contributed by atoms with Crippen molar-refractivity contribution >= 4 is 5.84 Å². The van der Waals surface area contributed by atoms with E-state index in [1.165, 1.54) is 12.1 Å². The molecule has 0 amide bonds. The predicted molar refractivity (Wildman–Crippen MR) is 83.0 cm³/mol. The molecule has 5 nitrogen and oxygen atoms in total. The van der Waals surface area contributed by atoms with Gasteiger partial charge in [0.1, 0.15) is 5.82 Å². The quantitative estimate of drug-likeness (QED) is 0.213. The number of oxime groups is 1. The molecule has 0 fully saturated rings. The summed E-state index contributed by atoms with van der Waals surface area (Å²) in [5.74, 6) is -0.476. The molecule has 0 aromatic heterocycles. The first-order chi connectivity index (χ1) is 10.1. The Bertz CT molecular complexity index is 461. The standard InChI is InChI=1S/C15H25FN4O/c1-3-20(4-2)9-5-8-18-11-12-6-7-13(16)10-14(12)15(17)19-21/h6-7,10,18,21H,3-5,8-9,11H2,1-2H3,(H2,17,19). The molecule has 0 saturated carbocycles. The van der Waals surface area contributed by atoms with Gasteiger partial charge in [-0.2, -0.15) is 0 Å². The van der Waals surface area contributed by atoms with Gasteiger partial charge in [-0.05, 0) is 50.3 Å². The Labute approximate surface area is 125 Å². The van der Waals surface area contributed by atoms with E-state index < -0.39 is 5.82 Å². The second-order valence-corrected chi connectivity index (χ2v) is 4.84. The van der Waals surface area contributed by atoms with Crippen molar-refractivity contribution in [3.63, 3.8) is 0 Å². The second kappa shape index (κ2) is 9.31. The van der Waals surface area contributed by atoms with E-state index >= 15 is 0 Å². The summed E-state index contributed by atoms with van der Waals surface area (Å²) >= 11 is 0. The Morgan fingerprint density at radius 3 is 2.71 bits per heavy atom. The van der Waals surface area contributed by atoms with Crippen LogP contribution in [-0.4, -0.2) is 42.1 Å². The minimum Gasteiger partial charge on any atom is -0.409 e. The Morgan fingerprint density at radius 2 is 2.10 bits per heavy atom. The molecule has 0 heterocycles. The Morgan fingerprint density at radius 1 is 1.38 bits per heavy atom. The molecular weight excluding hydrogens is 271 g/mol. The van der Waals surface area contributed by atoms with Gasteiger partial charge in [-0.1, -0.05) is 25.1 Å². The van der Waals surface area contributed by atoms with Gasteiger partial charge in [-0.15, -0.1) is 0 Å². The molecule has 21 heavy (non-hydrogen) atoms. The van der Waals surface area contributed by atoms with Crippen molar-refractivity contribution in [2.75, 3.05) is 26.2 Å². The van der Waals surface area contributed by atoms with Gasteiger partial charge in [0.25, 0.3) is 0 Å². The normalized spacial score (nSPS) is 12.1. The van der Waals surface area contributed by atoms with Crippen LogP contribution in [-0.2, 0) is 6.54 Å². The largest absolute Gasteiger partial charge is 0.409 e. The highest BCUT2D eigenvalue weighted by atomic mass is 19.1. The monoisotopic (exact) mass is 296 g/mol. The maximum Gasteiger partial charge on any atom is 0.170 e. The molecule has 118 valence electrons. The first-order valence-electron chi connectivity index (χ1n) is 7.31. The van der Waals surface area contributed by atoms with Crippen LogP contribution in [0.4, 0.5) is 4.39 Å². The van der Waals surface area contributed by atoms with E-state index in [4.69, 9.17) is 10.9 Å². The van der Waals surface area contributed by atoms with Crippen molar-refractivity contribution in [1.82, 2.24) is 10.2 Å². The summed E-state index contributed by atoms with van der Waals surface area (Å²) < 4.78 is 13.2. The van der Waals surface area contributed by atoms with Crippen molar-refractivity contribution in [3.8, 4) is 0 Å². The van der Waals surface area contributed by atoms with Crippen LogP contribution in [0.15, 0.2) is 23.4 Å². The third-order valence-corrected chi connectivity index (χ3v) is 3.49. The highest BCUT2D eigenvalue weighted by Gasteiger charge is 2.08. The van der Waals surface area contributed by atoms with Crippen LogP contribution in [0.5, 0.6) is 0 Å². The van der Waals surface area contributed by atoms with E-state index in [0.717, 1.165) is 38.2 Å². The summed E-state index contributed by atoms with van der Waals surface area (Å²) in [5.41, 5.74) is 6.81. The van der Waals surface area contributed by atoms with E-state index in [2.05, 4.69) is 29.2 Å². The van der Waals surface area contributed by atoms with E-state index in [1.807, 2.05) is 0 Å². The Kier molecular flexibility index (Phi) is 7.71. The first-order valence-corrected chi connectivity index (χ1v) is 7.31. The molecule has 0 aliphatic rings. The van der Waals surface area contributed by atoms with E-state index in [-0.39, 0.29) is 5.84 Å². The molecule has 0 radical (unpaired) electrons. The molecule has 1 aromatic carbocycles. The number of rotatable bonds is 9. The fourth-order valence-electron chi connectivity index (χ4n) is 2.19. The van der Waals surface area contributed by atoms with Crippen molar-refractivity contribution in [3.05, 3.63) is 35.1 Å². The van der Waals surface area contributed by atoms with E-state index in [0.29, 0.717) is 12.1 Å². The van der Waals surface area contributed by atoms with Crippen LogP contribution < -0.4 is 11.1 Å². The van der Waals surface area contributed by atoms with Gasteiger partial charge in [-0.3, -0.25) is 0 Å². The van der Waals surface area contributed by atoms with Crippen molar-refractivity contribution in [2.45, 2.75) is 26.8 Å². The molecule has 0 atom stereocenters. The van der Waals surface area contributed by atoms with Gasteiger partial charge in [0.15, 0.2) is 5.84 Å². The van der Waals surface area contributed by atoms with E-state index in [1.54, 1.807) is 6.07 Å². The lowest BCUT2D eigenvalue weighted by atomic mass is 10.1. The zero-order chi connectivity index (χ0) is 15.7. The fraction of sp³-hybridized carbons (Fsp3) is 0.533. The van der Waals surface area contributed by atoms with Gasteiger partial charge in [0.2, 0.25) is 0 Å². The van der Waals surface area contributed by atoms with Crippen LogP contribution in [0, 0.1) is 5.82 Å². The lowest BCUT2D eigenvalue weighted by molar-refractivity contribution is 0.298. The topological polar surface area (TPSA) is 73.9 Å². The Balaban J connectivity index is 2.49. The van der Waals surface area contributed by atoms with Crippen LogP contribution in [0.3, 0.4) is 0 Å². The number of hydrogen-bond acceptors (Lipinski definition) is 4. The minimum absolute atomic E-state index is 0.0746. The zero-order valence-electron chi connectivity index (χ0n) is 12.8. The minimum atomic E-state index is -0.401. The maximum absolute atomic E-state index is 13.2. The molecule has 0 spiro atoms.